The van der Waals surface area contributed by atoms with Crippen LogP contribution in [-0.2, 0) is 6.61 Å². The lowest BCUT2D eigenvalue weighted by molar-refractivity contribution is 0.240. The van der Waals surface area contributed by atoms with Gasteiger partial charge in [-0.05, 0) is 60.9 Å². The van der Waals surface area contributed by atoms with E-state index >= 15 is 0 Å². The average molecular weight is 455 g/mol. The molecule has 1 N–H and O–H groups in total. The molecule has 5 rings (SSSR count). The highest BCUT2D eigenvalue weighted by Gasteiger charge is 2.23. The van der Waals surface area contributed by atoms with Crippen LogP contribution >= 0.6 is 0 Å². The molecule has 1 aliphatic rings. The maximum Gasteiger partial charge on any atom is 0.326 e. The predicted molar refractivity (Wildman–Crippen MR) is 130 cm³/mol. The Hall–Kier alpha value is -4.20. The van der Waals surface area contributed by atoms with E-state index in [4.69, 9.17) is 4.74 Å². The van der Waals surface area contributed by atoms with Gasteiger partial charge in [-0.3, -0.25) is 4.57 Å². The molecule has 172 valence electrons. The number of hydrogen-bond donors (Lipinski definition) is 1. The zero-order valence-corrected chi connectivity index (χ0v) is 18.7. The van der Waals surface area contributed by atoms with Crippen molar-refractivity contribution in [2.75, 3.05) is 24.5 Å². The van der Waals surface area contributed by atoms with Crippen LogP contribution in [0.5, 0.6) is 5.75 Å². The van der Waals surface area contributed by atoms with Gasteiger partial charge < -0.3 is 15.0 Å². The molecule has 1 aliphatic heterocycles. The number of aromatic nitrogens is 4. The number of carbonyl (C=O) groups excluding carboxylic acids is 1. The molecular formula is C26H26N6O2. The molecule has 0 saturated carbocycles. The summed E-state index contributed by atoms with van der Waals surface area (Å²) in [6.45, 7) is 2.96. The minimum Gasteiger partial charge on any atom is -0.487 e. The zero-order valence-electron chi connectivity index (χ0n) is 18.7. The van der Waals surface area contributed by atoms with Gasteiger partial charge in [0.1, 0.15) is 24.4 Å². The van der Waals surface area contributed by atoms with Gasteiger partial charge in [0, 0.05) is 43.3 Å². The van der Waals surface area contributed by atoms with Crippen LogP contribution in [0.1, 0.15) is 12.1 Å². The fourth-order valence-electron chi connectivity index (χ4n) is 4.07. The minimum atomic E-state index is -0.166. The number of rotatable bonds is 7. The first kappa shape index (κ1) is 21.6. The average Bonchev–Trinajstić information content (AvgIpc) is 3.58. The summed E-state index contributed by atoms with van der Waals surface area (Å²) in [5.74, 6) is 1.16. The smallest absolute Gasteiger partial charge is 0.326 e. The standard InChI is InChI=1S/C26H26N6O2/c33-26(27-15-20-12-14-31(16-20)23-6-2-1-3-7-23)32-17-25(28-19-32)21-8-10-24(11-9-21)34-18-22-5-4-13-29-30-22/h1-11,13,17,19-20H,12,14-16,18H2,(H,27,33). The summed E-state index contributed by atoms with van der Waals surface area (Å²) in [5, 5.41) is 10.9. The predicted octanol–water partition coefficient (Wildman–Crippen LogP) is 4.00. The molecule has 0 aliphatic carbocycles. The van der Waals surface area contributed by atoms with Crippen LogP contribution in [0, 0.1) is 5.92 Å². The van der Waals surface area contributed by atoms with Gasteiger partial charge in [-0.1, -0.05) is 18.2 Å². The fraction of sp³-hybridized carbons (Fsp3) is 0.231. The third-order valence-electron chi connectivity index (χ3n) is 5.93. The van der Waals surface area contributed by atoms with E-state index in [1.807, 2.05) is 42.5 Å². The lowest BCUT2D eigenvalue weighted by atomic mass is 10.1. The van der Waals surface area contributed by atoms with Crippen LogP contribution in [0.25, 0.3) is 11.3 Å². The highest BCUT2D eigenvalue weighted by Crippen LogP contribution is 2.23. The molecule has 1 amide bonds. The summed E-state index contributed by atoms with van der Waals surface area (Å²) in [7, 11) is 0. The van der Waals surface area contributed by atoms with Crippen LogP contribution in [0.15, 0.2) is 85.5 Å². The Morgan fingerprint density at radius 1 is 1.06 bits per heavy atom. The van der Waals surface area contributed by atoms with E-state index < -0.39 is 0 Å². The largest absolute Gasteiger partial charge is 0.487 e. The number of nitrogens with one attached hydrogen (secondary N) is 1. The van der Waals surface area contributed by atoms with Crippen LogP contribution in [0.3, 0.4) is 0 Å². The summed E-state index contributed by atoms with van der Waals surface area (Å²) in [5.41, 5.74) is 3.64. The molecule has 0 bridgehead atoms. The lowest BCUT2D eigenvalue weighted by Gasteiger charge is -2.18. The molecule has 1 atom stereocenters. The van der Waals surface area contributed by atoms with Gasteiger partial charge in [0.15, 0.2) is 0 Å². The number of carbonyl (C=O) groups is 1. The van der Waals surface area contributed by atoms with Crippen LogP contribution in [0.4, 0.5) is 10.5 Å². The van der Waals surface area contributed by atoms with Crippen molar-refractivity contribution in [2.24, 2.45) is 5.92 Å². The molecule has 34 heavy (non-hydrogen) atoms. The number of imidazole rings is 1. The SMILES string of the molecule is O=C(NCC1CCN(c2ccccc2)C1)n1cnc(-c2ccc(OCc3cccnn3)cc2)c1. The third-order valence-corrected chi connectivity index (χ3v) is 5.93. The lowest BCUT2D eigenvalue weighted by Crippen LogP contribution is -2.33. The van der Waals surface area contributed by atoms with Crippen molar-refractivity contribution in [2.45, 2.75) is 13.0 Å². The Morgan fingerprint density at radius 2 is 1.91 bits per heavy atom. The summed E-state index contributed by atoms with van der Waals surface area (Å²) in [6, 6.07) is 21.5. The van der Waals surface area contributed by atoms with Gasteiger partial charge in [0.25, 0.3) is 0 Å². The van der Waals surface area contributed by atoms with Crippen LogP contribution in [-0.4, -0.2) is 45.4 Å². The van der Waals surface area contributed by atoms with E-state index in [9.17, 15) is 4.79 Å². The normalized spacial score (nSPS) is 15.3. The number of hydrogen-bond acceptors (Lipinski definition) is 6. The van der Waals surface area contributed by atoms with Gasteiger partial charge in [-0.15, -0.1) is 0 Å². The number of amides is 1. The molecule has 4 aromatic rings. The number of benzene rings is 2. The van der Waals surface area contributed by atoms with Crippen molar-refractivity contribution in [3.8, 4) is 17.0 Å². The minimum absolute atomic E-state index is 0.166. The van der Waals surface area contributed by atoms with E-state index in [1.54, 1.807) is 18.7 Å². The molecule has 0 spiro atoms. The number of para-hydroxylation sites is 1. The molecule has 8 heteroatoms. The van der Waals surface area contributed by atoms with E-state index in [-0.39, 0.29) is 6.03 Å². The van der Waals surface area contributed by atoms with Gasteiger partial charge >= 0.3 is 6.03 Å². The molecule has 1 saturated heterocycles. The fourth-order valence-corrected chi connectivity index (χ4v) is 4.07. The summed E-state index contributed by atoms with van der Waals surface area (Å²) < 4.78 is 7.24. The van der Waals surface area contributed by atoms with E-state index in [1.165, 1.54) is 10.3 Å². The van der Waals surface area contributed by atoms with Crippen LogP contribution in [0.2, 0.25) is 0 Å². The molecule has 0 radical (unpaired) electrons. The van der Waals surface area contributed by atoms with Crippen molar-refractivity contribution < 1.29 is 9.53 Å². The van der Waals surface area contributed by atoms with Crippen molar-refractivity contribution >= 4 is 11.7 Å². The first-order valence-electron chi connectivity index (χ1n) is 11.4. The highest BCUT2D eigenvalue weighted by molar-refractivity contribution is 5.78. The first-order valence-corrected chi connectivity index (χ1v) is 11.4. The Labute approximate surface area is 198 Å². The summed E-state index contributed by atoms with van der Waals surface area (Å²) >= 11 is 0. The Kier molecular flexibility index (Phi) is 6.47. The monoisotopic (exact) mass is 454 g/mol. The third kappa shape index (κ3) is 5.23. The van der Waals surface area contributed by atoms with Gasteiger partial charge in [0.05, 0.1) is 5.69 Å². The van der Waals surface area contributed by atoms with Crippen molar-refractivity contribution in [1.82, 2.24) is 25.1 Å². The maximum atomic E-state index is 12.6. The molecule has 2 aromatic heterocycles. The second-order valence-corrected chi connectivity index (χ2v) is 8.32. The topological polar surface area (TPSA) is 85.2 Å². The summed E-state index contributed by atoms with van der Waals surface area (Å²) in [6.07, 6.45) is 5.99. The molecular weight excluding hydrogens is 428 g/mol. The Bertz CT molecular complexity index is 1210. The molecule has 1 unspecified atom stereocenters. The second kappa shape index (κ2) is 10.2. The molecule has 2 aromatic carbocycles. The summed E-state index contributed by atoms with van der Waals surface area (Å²) in [4.78, 5) is 19.4. The number of ether oxygens (including phenoxy) is 1. The quantitative estimate of drug-likeness (QED) is 0.454. The number of nitrogens with zero attached hydrogens (tertiary/aromatic N) is 5. The zero-order chi connectivity index (χ0) is 23.2. The van der Waals surface area contributed by atoms with Crippen molar-refractivity contribution in [3.05, 3.63) is 91.1 Å². The van der Waals surface area contributed by atoms with E-state index in [0.29, 0.717) is 19.1 Å². The molecule has 8 nitrogen and oxygen atoms in total. The second-order valence-electron chi connectivity index (χ2n) is 8.32. The highest BCUT2D eigenvalue weighted by atomic mass is 16.5. The Morgan fingerprint density at radius 3 is 2.71 bits per heavy atom. The van der Waals surface area contributed by atoms with Gasteiger partial charge in [-0.2, -0.15) is 10.2 Å². The van der Waals surface area contributed by atoms with Crippen molar-refractivity contribution in [3.63, 3.8) is 0 Å². The van der Waals surface area contributed by atoms with E-state index in [2.05, 4.69) is 49.7 Å². The van der Waals surface area contributed by atoms with Crippen LogP contribution < -0.4 is 15.0 Å². The Balaban J connectivity index is 1.12. The first-order chi connectivity index (χ1) is 16.7. The van der Waals surface area contributed by atoms with Gasteiger partial charge in [0.2, 0.25) is 0 Å². The molecule has 1 fully saturated rings. The van der Waals surface area contributed by atoms with E-state index in [0.717, 1.165) is 42.2 Å². The van der Waals surface area contributed by atoms with Gasteiger partial charge in [-0.25, -0.2) is 9.78 Å². The maximum absolute atomic E-state index is 12.6. The molecule has 3 heterocycles. The number of anilines is 1. The van der Waals surface area contributed by atoms with Crippen molar-refractivity contribution in [1.29, 1.82) is 0 Å².